The van der Waals surface area contributed by atoms with Crippen molar-refractivity contribution in [2.24, 2.45) is 0 Å². The third-order valence-electron chi connectivity index (χ3n) is 3.16. The van der Waals surface area contributed by atoms with Gasteiger partial charge in [-0.3, -0.25) is 0 Å². The van der Waals surface area contributed by atoms with Gasteiger partial charge in [-0.1, -0.05) is 17.7 Å². The normalized spacial score (nSPS) is 18.2. The molecular formula is C13H19NO. The Bertz CT molecular complexity index is 340. The Morgan fingerprint density at radius 3 is 2.47 bits per heavy atom. The molecule has 0 spiro atoms. The zero-order chi connectivity index (χ0) is 10.8. The summed E-state index contributed by atoms with van der Waals surface area (Å²) in [7, 11) is 0. The number of piperidine rings is 1. The summed E-state index contributed by atoms with van der Waals surface area (Å²) in [5.41, 5.74) is 3.98. The van der Waals surface area contributed by atoms with E-state index in [4.69, 9.17) is 0 Å². The minimum Gasteiger partial charge on any atom is -0.393 e. The molecule has 1 heterocycles. The average Bonchev–Trinajstić information content (AvgIpc) is 2.20. The quantitative estimate of drug-likeness (QED) is 0.760. The molecular weight excluding hydrogens is 186 g/mol. The first-order valence-corrected chi connectivity index (χ1v) is 5.67. The van der Waals surface area contributed by atoms with E-state index in [-0.39, 0.29) is 6.10 Å². The highest BCUT2D eigenvalue weighted by atomic mass is 16.3. The zero-order valence-electron chi connectivity index (χ0n) is 9.53. The van der Waals surface area contributed by atoms with Gasteiger partial charge in [0.05, 0.1) is 6.10 Å². The van der Waals surface area contributed by atoms with E-state index in [1.165, 1.54) is 16.8 Å². The molecule has 1 aromatic carbocycles. The number of anilines is 1. The predicted octanol–water partition coefficient (Wildman–Crippen LogP) is 2.26. The van der Waals surface area contributed by atoms with E-state index >= 15 is 0 Å². The Hall–Kier alpha value is -1.02. The van der Waals surface area contributed by atoms with E-state index < -0.39 is 0 Å². The van der Waals surface area contributed by atoms with Gasteiger partial charge in [-0.25, -0.2) is 0 Å². The van der Waals surface area contributed by atoms with E-state index in [9.17, 15) is 5.11 Å². The van der Waals surface area contributed by atoms with Gasteiger partial charge in [0.25, 0.3) is 0 Å². The molecule has 1 aliphatic heterocycles. The van der Waals surface area contributed by atoms with Crippen molar-refractivity contribution in [1.82, 2.24) is 0 Å². The van der Waals surface area contributed by atoms with Gasteiger partial charge in [0.15, 0.2) is 0 Å². The fourth-order valence-corrected chi connectivity index (χ4v) is 2.27. The second-order valence-corrected chi connectivity index (χ2v) is 4.51. The van der Waals surface area contributed by atoms with Crippen LogP contribution in [0.4, 0.5) is 5.69 Å². The lowest BCUT2D eigenvalue weighted by Crippen LogP contribution is -2.36. The molecule has 1 saturated heterocycles. The molecule has 2 nitrogen and oxygen atoms in total. The van der Waals surface area contributed by atoms with Crippen LogP contribution in [0.3, 0.4) is 0 Å². The third-order valence-corrected chi connectivity index (χ3v) is 3.16. The second-order valence-electron chi connectivity index (χ2n) is 4.51. The largest absolute Gasteiger partial charge is 0.393 e. The summed E-state index contributed by atoms with van der Waals surface area (Å²) in [6, 6.07) is 6.58. The smallest absolute Gasteiger partial charge is 0.0574 e. The van der Waals surface area contributed by atoms with Crippen molar-refractivity contribution in [3.05, 3.63) is 29.3 Å². The Kier molecular flexibility index (Phi) is 2.96. The van der Waals surface area contributed by atoms with E-state index in [1.54, 1.807) is 0 Å². The van der Waals surface area contributed by atoms with E-state index in [0.717, 1.165) is 25.9 Å². The average molecular weight is 205 g/mol. The maximum atomic E-state index is 9.46. The molecule has 0 unspecified atom stereocenters. The van der Waals surface area contributed by atoms with Crippen LogP contribution in [0, 0.1) is 13.8 Å². The SMILES string of the molecule is Cc1ccc(N2CCC(O)CC2)c(C)c1. The van der Waals surface area contributed by atoms with Gasteiger partial charge in [0, 0.05) is 18.8 Å². The van der Waals surface area contributed by atoms with Gasteiger partial charge in [0.2, 0.25) is 0 Å². The van der Waals surface area contributed by atoms with Crippen LogP contribution in [0.25, 0.3) is 0 Å². The molecule has 2 rings (SSSR count). The number of aliphatic hydroxyl groups is 1. The first-order chi connectivity index (χ1) is 7.16. The lowest BCUT2D eigenvalue weighted by atomic mass is 10.0. The van der Waals surface area contributed by atoms with Gasteiger partial charge < -0.3 is 10.0 Å². The molecule has 0 radical (unpaired) electrons. The number of nitrogens with zero attached hydrogens (tertiary/aromatic N) is 1. The van der Waals surface area contributed by atoms with Crippen LogP contribution in [0.15, 0.2) is 18.2 Å². The van der Waals surface area contributed by atoms with E-state index in [0.29, 0.717) is 0 Å². The molecule has 0 saturated carbocycles. The summed E-state index contributed by atoms with van der Waals surface area (Å²) in [6.07, 6.45) is 1.70. The molecule has 1 fully saturated rings. The van der Waals surface area contributed by atoms with Crippen molar-refractivity contribution in [3.8, 4) is 0 Å². The molecule has 0 bridgehead atoms. The van der Waals surface area contributed by atoms with Gasteiger partial charge in [0.1, 0.15) is 0 Å². The van der Waals surface area contributed by atoms with Crippen LogP contribution in [0.1, 0.15) is 24.0 Å². The fraction of sp³-hybridized carbons (Fsp3) is 0.538. The van der Waals surface area contributed by atoms with Crippen molar-refractivity contribution in [2.75, 3.05) is 18.0 Å². The summed E-state index contributed by atoms with van der Waals surface area (Å²) in [4.78, 5) is 2.38. The molecule has 0 aromatic heterocycles. The number of hydrogen-bond acceptors (Lipinski definition) is 2. The van der Waals surface area contributed by atoms with Crippen molar-refractivity contribution < 1.29 is 5.11 Å². The number of benzene rings is 1. The minimum atomic E-state index is -0.0907. The van der Waals surface area contributed by atoms with Crippen LogP contribution in [-0.2, 0) is 0 Å². The maximum absolute atomic E-state index is 9.46. The summed E-state index contributed by atoms with van der Waals surface area (Å²) in [5, 5.41) is 9.46. The predicted molar refractivity (Wildman–Crippen MR) is 63.4 cm³/mol. The lowest BCUT2D eigenvalue weighted by molar-refractivity contribution is 0.145. The molecule has 1 aromatic rings. The summed E-state index contributed by atoms with van der Waals surface area (Å²) < 4.78 is 0. The zero-order valence-corrected chi connectivity index (χ0v) is 9.53. The van der Waals surface area contributed by atoms with Gasteiger partial charge in [-0.15, -0.1) is 0 Å². The number of aliphatic hydroxyl groups excluding tert-OH is 1. The topological polar surface area (TPSA) is 23.5 Å². The Morgan fingerprint density at radius 1 is 1.20 bits per heavy atom. The van der Waals surface area contributed by atoms with Gasteiger partial charge >= 0.3 is 0 Å². The number of aryl methyl sites for hydroxylation is 2. The number of hydrogen-bond donors (Lipinski definition) is 1. The van der Waals surface area contributed by atoms with Crippen LogP contribution in [0.2, 0.25) is 0 Å². The summed E-state index contributed by atoms with van der Waals surface area (Å²) in [6.45, 7) is 6.24. The highest BCUT2D eigenvalue weighted by molar-refractivity contribution is 5.54. The van der Waals surface area contributed by atoms with Crippen LogP contribution in [0.5, 0.6) is 0 Å². The molecule has 82 valence electrons. The molecule has 15 heavy (non-hydrogen) atoms. The van der Waals surface area contributed by atoms with E-state index in [2.05, 4.69) is 36.9 Å². The number of rotatable bonds is 1. The van der Waals surface area contributed by atoms with Gasteiger partial charge in [-0.2, -0.15) is 0 Å². The van der Waals surface area contributed by atoms with Crippen LogP contribution in [-0.4, -0.2) is 24.3 Å². The maximum Gasteiger partial charge on any atom is 0.0574 e. The monoisotopic (exact) mass is 205 g/mol. The van der Waals surface area contributed by atoms with Crippen molar-refractivity contribution >= 4 is 5.69 Å². The fourth-order valence-electron chi connectivity index (χ4n) is 2.27. The standard InChI is InChI=1S/C13H19NO/c1-10-3-4-13(11(2)9-10)14-7-5-12(15)6-8-14/h3-4,9,12,15H,5-8H2,1-2H3. The van der Waals surface area contributed by atoms with Crippen molar-refractivity contribution in [2.45, 2.75) is 32.8 Å². The highest BCUT2D eigenvalue weighted by Gasteiger charge is 2.18. The Labute approximate surface area is 91.5 Å². The summed E-state index contributed by atoms with van der Waals surface area (Å²) >= 11 is 0. The third kappa shape index (κ3) is 2.32. The Morgan fingerprint density at radius 2 is 1.87 bits per heavy atom. The molecule has 2 heteroatoms. The second kappa shape index (κ2) is 4.23. The van der Waals surface area contributed by atoms with Crippen molar-refractivity contribution in [3.63, 3.8) is 0 Å². The first kappa shape index (κ1) is 10.5. The molecule has 0 atom stereocenters. The minimum absolute atomic E-state index is 0.0907. The lowest BCUT2D eigenvalue weighted by Gasteiger charge is -2.32. The highest BCUT2D eigenvalue weighted by Crippen LogP contribution is 2.24. The van der Waals surface area contributed by atoms with Crippen LogP contribution < -0.4 is 4.90 Å². The van der Waals surface area contributed by atoms with E-state index in [1.807, 2.05) is 0 Å². The Balaban J connectivity index is 2.15. The van der Waals surface area contributed by atoms with Crippen LogP contribution >= 0.6 is 0 Å². The molecule has 1 aliphatic rings. The molecule has 0 amide bonds. The molecule has 0 aliphatic carbocycles. The summed E-state index contributed by atoms with van der Waals surface area (Å²) in [5.74, 6) is 0. The van der Waals surface area contributed by atoms with Crippen molar-refractivity contribution in [1.29, 1.82) is 0 Å². The van der Waals surface area contributed by atoms with Gasteiger partial charge in [-0.05, 0) is 38.3 Å². The molecule has 1 N–H and O–H groups in total. The first-order valence-electron chi connectivity index (χ1n) is 5.67.